The molecule has 0 aliphatic rings. The molecule has 0 atom stereocenters. The van der Waals surface area contributed by atoms with Gasteiger partial charge in [-0.3, -0.25) is 9.59 Å². The molecule has 140 valence electrons. The number of nitrogens with one attached hydrogen (secondary N) is 1. The van der Waals surface area contributed by atoms with Crippen molar-refractivity contribution in [2.45, 2.75) is 71.1 Å². The third-order valence-electron chi connectivity index (χ3n) is 3.94. The van der Waals surface area contributed by atoms with Gasteiger partial charge in [0, 0.05) is 12.8 Å². The predicted molar refractivity (Wildman–Crippen MR) is 103 cm³/mol. The molecular formula is C20H30ClNO3. The Morgan fingerprint density at radius 3 is 2.40 bits per heavy atom. The molecule has 0 saturated heterocycles. The maximum atomic E-state index is 11.8. The Balaban J connectivity index is 2.00. The Morgan fingerprint density at radius 2 is 1.64 bits per heavy atom. The van der Waals surface area contributed by atoms with Crippen molar-refractivity contribution in [1.29, 1.82) is 0 Å². The Bertz CT molecular complexity index is 519. The number of unbranched alkanes of at least 4 members (excludes halogenated alkanes) is 6. The van der Waals surface area contributed by atoms with Crippen molar-refractivity contribution in [3.05, 3.63) is 29.3 Å². The minimum Gasteiger partial charge on any atom is -0.466 e. The third-order valence-corrected chi connectivity index (χ3v) is 4.27. The van der Waals surface area contributed by atoms with Crippen LogP contribution in [0.25, 0.3) is 0 Å². The molecular weight excluding hydrogens is 338 g/mol. The van der Waals surface area contributed by atoms with Gasteiger partial charge in [-0.25, -0.2) is 0 Å². The zero-order valence-corrected chi connectivity index (χ0v) is 15.9. The second-order valence-corrected chi connectivity index (χ2v) is 6.63. The molecule has 0 saturated carbocycles. The molecule has 0 radical (unpaired) electrons. The molecule has 4 nitrogen and oxygen atoms in total. The van der Waals surface area contributed by atoms with E-state index in [4.69, 9.17) is 16.3 Å². The first-order chi connectivity index (χ1) is 12.1. The minimum absolute atomic E-state index is 0.0893. The number of para-hydroxylation sites is 1. The van der Waals surface area contributed by atoms with Gasteiger partial charge in [0.1, 0.15) is 0 Å². The third kappa shape index (κ3) is 10.8. The number of esters is 1. The summed E-state index contributed by atoms with van der Waals surface area (Å²) in [7, 11) is 0. The molecule has 0 aliphatic heterocycles. The summed E-state index contributed by atoms with van der Waals surface area (Å²) in [6.07, 6.45) is 9.12. The van der Waals surface area contributed by atoms with Crippen molar-refractivity contribution >= 4 is 29.2 Å². The highest BCUT2D eigenvalue weighted by atomic mass is 35.5. The van der Waals surface area contributed by atoms with Crippen molar-refractivity contribution in [2.75, 3.05) is 11.9 Å². The summed E-state index contributed by atoms with van der Waals surface area (Å²) < 4.78 is 5.21. The number of ether oxygens (including phenoxy) is 1. The van der Waals surface area contributed by atoms with E-state index in [1.807, 2.05) is 12.1 Å². The van der Waals surface area contributed by atoms with E-state index in [9.17, 15) is 9.59 Å². The van der Waals surface area contributed by atoms with E-state index in [0.717, 1.165) is 12.8 Å². The molecule has 0 unspecified atom stereocenters. The Kier molecular flexibility index (Phi) is 11.8. The van der Waals surface area contributed by atoms with Crippen LogP contribution < -0.4 is 5.32 Å². The average molecular weight is 368 g/mol. The summed E-state index contributed by atoms with van der Waals surface area (Å²) in [4.78, 5) is 23.5. The second kappa shape index (κ2) is 13.7. The van der Waals surface area contributed by atoms with E-state index >= 15 is 0 Å². The molecule has 5 heteroatoms. The summed E-state index contributed by atoms with van der Waals surface area (Å²) in [5, 5.41) is 3.30. The first-order valence-corrected chi connectivity index (χ1v) is 9.71. The van der Waals surface area contributed by atoms with E-state index in [2.05, 4.69) is 12.2 Å². The predicted octanol–water partition coefficient (Wildman–Crippen LogP) is 5.74. The summed E-state index contributed by atoms with van der Waals surface area (Å²) in [6.45, 7) is 2.71. The van der Waals surface area contributed by atoms with Crippen LogP contribution >= 0.6 is 11.6 Å². The van der Waals surface area contributed by atoms with Gasteiger partial charge in [-0.2, -0.15) is 0 Å². The normalized spacial score (nSPS) is 10.5. The lowest BCUT2D eigenvalue weighted by atomic mass is 10.1. The van der Waals surface area contributed by atoms with Crippen LogP contribution in [-0.2, 0) is 14.3 Å². The Labute approximate surface area is 156 Å². The lowest BCUT2D eigenvalue weighted by Gasteiger charge is -2.07. The van der Waals surface area contributed by atoms with Crippen LogP contribution in [0.5, 0.6) is 0 Å². The molecule has 0 aromatic heterocycles. The van der Waals surface area contributed by atoms with E-state index in [1.54, 1.807) is 12.1 Å². The maximum absolute atomic E-state index is 11.8. The fourth-order valence-corrected chi connectivity index (χ4v) is 2.65. The number of hydrogen-bond donors (Lipinski definition) is 1. The van der Waals surface area contributed by atoms with Crippen LogP contribution in [0.4, 0.5) is 5.69 Å². The first kappa shape index (κ1) is 21.5. The fourth-order valence-electron chi connectivity index (χ4n) is 2.47. The fraction of sp³-hybridized carbons (Fsp3) is 0.600. The standard InChI is InChI=1S/C20H30ClNO3/c1-2-3-4-5-6-11-16-25-20(24)15-10-9-14-19(23)22-18-13-8-7-12-17(18)21/h7-8,12-13H,2-6,9-11,14-16H2,1H3,(H,22,23). The number of carbonyl (C=O) groups excluding carboxylic acids is 2. The number of carbonyl (C=O) groups is 2. The van der Waals surface area contributed by atoms with E-state index < -0.39 is 0 Å². The topological polar surface area (TPSA) is 55.4 Å². The molecule has 1 N–H and O–H groups in total. The van der Waals surface area contributed by atoms with Gasteiger partial charge >= 0.3 is 5.97 Å². The smallest absolute Gasteiger partial charge is 0.305 e. The van der Waals surface area contributed by atoms with E-state index in [1.165, 1.54) is 25.7 Å². The Morgan fingerprint density at radius 1 is 0.960 bits per heavy atom. The van der Waals surface area contributed by atoms with Gasteiger partial charge in [0.05, 0.1) is 17.3 Å². The molecule has 0 spiro atoms. The van der Waals surface area contributed by atoms with Gasteiger partial charge in [-0.1, -0.05) is 62.8 Å². The highest BCUT2D eigenvalue weighted by Crippen LogP contribution is 2.20. The highest BCUT2D eigenvalue weighted by Gasteiger charge is 2.07. The van der Waals surface area contributed by atoms with Crippen LogP contribution in [0, 0.1) is 0 Å². The van der Waals surface area contributed by atoms with Gasteiger partial charge in [0.2, 0.25) is 5.91 Å². The number of rotatable bonds is 13. The summed E-state index contributed by atoms with van der Waals surface area (Å²) in [5.74, 6) is -0.256. The van der Waals surface area contributed by atoms with Crippen LogP contribution in [-0.4, -0.2) is 18.5 Å². The number of amides is 1. The molecule has 1 amide bonds. The average Bonchev–Trinajstić information content (AvgIpc) is 2.60. The molecule has 25 heavy (non-hydrogen) atoms. The van der Waals surface area contributed by atoms with Crippen LogP contribution in [0.1, 0.15) is 71.1 Å². The molecule has 0 aliphatic carbocycles. The second-order valence-electron chi connectivity index (χ2n) is 6.22. The number of benzene rings is 1. The van der Waals surface area contributed by atoms with Crippen molar-refractivity contribution < 1.29 is 14.3 Å². The quantitative estimate of drug-likeness (QED) is 0.357. The number of anilines is 1. The summed E-state index contributed by atoms with van der Waals surface area (Å²) in [5.41, 5.74) is 0.618. The van der Waals surface area contributed by atoms with Crippen LogP contribution in [0.2, 0.25) is 5.02 Å². The summed E-state index contributed by atoms with van der Waals surface area (Å²) in [6, 6.07) is 7.13. The molecule has 1 aromatic rings. The van der Waals surface area contributed by atoms with Crippen molar-refractivity contribution in [3.8, 4) is 0 Å². The Hall–Kier alpha value is -1.55. The minimum atomic E-state index is -0.167. The lowest BCUT2D eigenvalue weighted by molar-refractivity contribution is -0.144. The van der Waals surface area contributed by atoms with Crippen molar-refractivity contribution in [1.82, 2.24) is 0 Å². The SMILES string of the molecule is CCCCCCCCOC(=O)CCCCC(=O)Nc1ccccc1Cl. The van der Waals surface area contributed by atoms with E-state index in [-0.39, 0.29) is 11.9 Å². The van der Waals surface area contributed by atoms with Crippen LogP contribution in [0.3, 0.4) is 0 Å². The molecule has 0 bridgehead atoms. The molecule has 0 heterocycles. The van der Waals surface area contributed by atoms with Gasteiger partial charge in [-0.15, -0.1) is 0 Å². The maximum Gasteiger partial charge on any atom is 0.305 e. The highest BCUT2D eigenvalue weighted by molar-refractivity contribution is 6.33. The van der Waals surface area contributed by atoms with Crippen molar-refractivity contribution in [3.63, 3.8) is 0 Å². The zero-order chi connectivity index (χ0) is 18.3. The number of halogens is 1. The lowest BCUT2D eigenvalue weighted by Crippen LogP contribution is -2.12. The van der Waals surface area contributed by atoms with E-state index in [0.29, 0.717) is 43.0 Å². The molecule has 1 aromatic carbocycles. The van der Waals surface area contributed by atoms with Gasteiger partial charge in [-0.05, 0) is 31.4 Å². The number of hydrogen-bond acceptors (Lipinski definition) is 3. The largest absolute Gasteiger partial charge is 0.466 e. The summed E-state index contributed by atoms with van der Waals surface area (Å²) >= 11 is 5.99. The van der Waals surface area contributed by atoms with Gasteiger partial charge in [0.15, 0.2) is 0 Å². The molecule has 0 fully saturated rings. The monoisotopic (exact) mass is 367 g/mol. The van der Waals surface area contributed by atoms with Crippen LogP contribution in [0.15, 0.2) is 24.3 Å². The first-order valence-electron chi connectivity index (χ1n) is 9.33. The van der Waals surface area contributed by atoms with Crippen molar-refractivity contribution in [2.24, 2.45) is 0 Å². The van der Waals surface area contributed by atoms with Gasteiger partial charge in [0.25, 0.3) is 0 Å². The molecule has 1 rings (SSSR count). The van der Waals surface area contributed by atoms with Gasteiger partial charge < -0.3 is 10.1 Å². The zero-order valence-electron chi connectivity index (χ0n) is 15.2.